The molecule has 90 valence electrons. The fraction of sp³-hybridized carbons (Fsp3) is 0.400. The van der Waals surface area contributed by atoms with Crippen molar-refractivity contribution in [2.45, 2.75) is 12.5 Å². The van der Waals surface area contributed by atoms with Crippen LogP contribution in [-0.4, -0.2) is 32.1 Å². The minimum Gasteiger partial charge on any atom is -0.481 e. The van der Waals surface area contributed by atoms with E-state index in [-0.39, 0.29) is 6.04 Å². The summed E-state index contributed by atoms with van der Waals surface area (Å²) in [5, 5.41) is 7.83. The van der Waals surface area contributed by atoms with Crippen molar-refractivity contribution in [3.8, 4) is 5.88 Å². The average molecular weight is 234 g/mol. The molecule has 0 aliphatic rings. The van der Waals surface area contributed by atoms with Crippen LogP contribution < -0.4 is 10.5 Å². The van der Waals surface area contributed by atoms with Crippen LogP contribution in [0.4, 0.5) is 0 Å². The Kier molecular flexibility index (Phi) is 3.29. The van der Waals surface area contributed by atoms with Crippen LogP contribution in [0.15, 0.2) is 18.6 Å². The molecule has 17 heavy (non-hydrogen) atoms. The fourth-order valence-electron chi connectivity index (χ4n) is 1.49. The highest BCUT2D eigenvalue weighted by atomic mass is 16.5. The van der Waals surface area contributed by atoms with E-state index in [4.69, 9.17) is 10.5 Å². The lowest BCUT2D eigenvalue weighted by Gasteiger charge is -2.09. The maximum Gasteiger partial charge on any atom is 0.216 e. The quantitative estimate of drug-likeness (QED) is 0.791. The predicted molar refractivity (Wildman–Crippen MR) is 60.2 cm³/mol. The zero-order chi connectivity index (χ0) is 12.3. The van der Waals surface area contributed by atoms with Crippen molar-refractivity contribution < 1.29 is 4.74 Å². The Morgan fingerprint density at radius 2 is 2.29 bits per heavy atom. The van der Waals surface area contributed by atoms with E-state index >= 15 is 0 Å². The molecule has 1 atom stereocenters. The lowest BCUT2D eigenvalue weighted by Crippen LogP contribution is -2.15. The Bertz CT molecular complexity index is 497. The van der Waals surface area contributed by atoms with E-state index in [1.165, 1.54) is 6.33 Å². The molecule has 0 fully saturated rings. The smallest absolute Gasteiger partial charge is 0.216 e. The fourth-order valence-corrected chi connectivity index (χ4v) is 1.49. The molecule has 0 amide bonds. The van der Waals surface area contributed by atoms with Gasteiger partial charge in [0.05, 0.1) is 24.5 Å². The Hall–Kier alpha value is -2.02. The maximum atomic E-state index is 6.04. The lowest BCUT2D eigenvalue weighted by atomic mass is 10.1. The topological polar surface area (TPSA) is 91.7 Å². The molecule has 0 aliphatic carbocycles. The lowest BCUT2D eigenvalue weighted by molar-refractivity contribution is 0.395. The average Bonchev–Trinajstić information content (AvgIpc) is 2.75. The van der Waals surface area contributed by atoms with Gasteiger partial charge in [0.25, 0.3) is 0 Å². The highest BCUT2D eigenvalue weighted by Gasteiger charge is 2.12. The van der Waals surface area contributed by atoms with E-state index in [1.807, 2.05) is 13.2 Å². The number of hydrogen-bond donors (Lipinski definition) is 1. The molecule has 2 N–H and O–H groups in total. The van der Waals surface area contributed by atoms with Gasteiger partial charge >= 0.3 is 0 Å². The van der Waals surface area contributed by atoms with Gasteiger partial charge in [0, 0.05) is 25.7 Å². The third-order valence-corrected chi connectivity index (χ3v) is 2.33. The monoisotopic (exact) mass is 234 g/mol. The Morgan fingerprint density at radius 1 is 1.47 bits per heavy atom. The summed E-state index contributed by atoms with van der Waals surface area (Å²) in [5.74, 6) is 0.504. The van der Waals surface area contributed by atoms with E-state index in [0.717, 1.165) is 11.4 Å². The first-order valence-electron chi connectivity index (χ1n) is 5.15. The van der Waals surface area contributed by atoms with Crippen LogP contribution in [0.2, 0.25) is 0 Å². The minimum absolute atomic E-state index is 0.247. The number of nitrogens with two attached hydrogens (primary N) is 1. The third kappa shape index (κ3) is 2.76. The summed E-state index contributed by atoms with van der Waals surface area (Å²) in [5.41, 5.74) is 7.59. The number of aromatic nitrogens is 5. The summed E-state index contributed by atoms with van der Waals surface area (Å²) < 4.78 is 6.66. The van der Waals surface area contributed by atoms with Crippen LogP contribution in [0.5, 0.6) is 5.88 Å². The van der Waals surface area contributed by atoms with Gasteiger partial charge < -0.3 is 10.5 Å². The first kappa shape index (κ1) is 11.5. The highest BCUT2D eigenvalue weighted by molar-refractivity contribution is 5.17. The molecule has 2 rings (SSSR count). The third-order valence-electron chi connectivity index (χ3n) is 2.33. The Labute approximate surface area is 98.6 Å². The molecule has 1 unspecified atom stereocenters. The second kappa shape index (κ2) is 4.88. The maximum absolute atomic E-state index is 6.04. The first-order valence-corrected chi connectivity index (χ1v) is 5.15. The molecule has 0 saturated heterocycles. The molecule has 2 aromatic rings. The van der Waals surface area contributed by atoms with Gasteiger partial charge in [-0.3, -0.25) is 4.68 Å². The van der Waals surface area contributed by atoms with Gasteiger partial charge in [0.1, 0.15) is 6.33 Å². The molecule has 7 heteroatoms. The summed E-state index contributed by atoms with van der Waals surface area (Å²) in [7, 11) is 3.37. The van der Waals surface area contributed by atoms with E-state index in [1.54, 1.807) is 17.9 Å². The van der Waals surface area contributed by atoms with Crippen molar-refractivity contribution in [3.63, 3.8) is 0 Å². The number of rotatable bonds is 4. The molecule has 2 heterocycles. The SMILES string of the molecule is COc1cc(C(N)Cc2cn(C)nn2)ncn1. The normalized spacial score (nSPS) is 12.4. The van der Waals surface area contributed by atoms with Gasteiger partial charge in [-0.05, 0) is 0 Å². The Balaban J connectivity index is 2.11. The number of ether oxygens (including phenoxy) is 1. The first-order chi connectivity index (χ1) is 8.19. The minimum atomic E-state index is -0.247. The van der Waals surface area contributed by atoms with Crippen LogP contribution >= 0.6 is 0 Å². The van der Waals surface area contributed by atoms with E-state index in [0.29, 0.717) is 12.3 Å². The molecule has 0 aromatic carbocycles. The summed E-state index contributed by atoms with van der Waals surface area (Å²) >= 11 is 0. The van der Waals surface area contributed by atoms with Crippen molar-refractivity contribution in [1.82, 2.24) is 25.0 Å². The molecule has 0 radical (unpaired) electrons. The molecule has 7 nitrogen and oxygen atoms in total. The molecular weight excluding hydrogens is 220 g/mol. The van der Waals surface area contributed by atoms with Gasteiger partial charge in [0.15, 0.2) is 0 Å². The van der Waals surface area contributed by atoms with Gasteiger partial charge in [-0.2, -0.15) is 0 Å². The summed E-state index contributed by atoms with van der Waals surface area (Å²) in [6.45, 7) is 0. The number of nitrogens with zero attached hydrogens (tertiary/aromatic N) is 5. The van der Waals surface area contributed by atoms with Crippen LogP contribution in [0.3, 0.4) is 0 Å². The standard InChI is InChI=1S/C10H14N6O/c1-16-5-7(14-15-16)3-8(11)9-4-10(17-2)13-6-12-9/h4-6,8H,3,11H2,1-2H3. The largest absolute Gasteiger partial charge is 0.481 e. The highest BCUT2D eigenvalue weighted by Crippen LogP contribution is 2.15. The zero-order valence-electron chi connectivity index (χ0n) is 9.74. The van der Waals surface area contributed by atoms with Gasteiger partial charge in [-0.25, -0.2) is 9.97 Å². The van der Waals surface area contributed by atoms with Gasteiger partial charge in [-0.1, -0.05) is 5.21 Å². The summed E-state index contributed by atoms with van der Waals surface area (Å²) in [6, 6.07) is 1.48. The zero-order valence-corrected chi connectivity index (χ0v) is 9.74. The van der Waals surface area contributed by atoms with Crippen LogP contribution in [-0.2, 0) is 13.5 Å². The molecule has 0 saturated carbocycles. The van der Waals surface area contributed by atoms with Crippen molar-refractivity contribution in [3.05, 3.63) is 30.0 Å². The number of methoxy groups -OCH3 is 1. The van der Waals surface area contributed by atoms with Crippen LogP contribution in [0.1, 0.15) is 17.4 Å². The van der Waals surface area contributed by atoms with E-state index in [9.17, 15) is 0 Å². The number of hydrogen-bond acceptors (Lipinski definition) is 6. The predicted octanol–water partition coefficient (Wildman–Crippen LogP) is -0.144. The molecule has 2 aromatic heterocycles. The van der Waals surface area contributed by atoms with Crippen molar-refractivity contribution in [2.24, 2.45) is 12.8 Å². The van der Waals surface area contributed by atoms with Crippen molar-refractivity contribution in [2.75, 3.05) is 7.11 Å². The Morgan fingerprint density at radius 3 is 2.94 bits per heavy atom. The van der Waals surface area contributed by atoms with Crippen LogP contribution in [0.25, 0.3) is 0 Å². The second-order valence-corrected chi connectivity index (χ2v) is 3.68. The van der Waals surface area contributed by atoms with E-state index < -0.39 is 0 Å². The van der Waals surface area contributed by atoms with E-state index in [2.05, 4.69) is 20.3 Å². The van der Waals surface area contributed by atoms with Crippen LogP contribution in [0, 0.1) is 0 Å². The molecule has 0 bridgehead atoms. The summed E-state index contributed by atoms with van der Waals surface area (Å²) in [4.78, 5) is 8.05. The second-order valence-electron chi connectivity index (χ2n) is 3.68. The van der Waals surface area contributed by atoms with Gasteiger partial charge in [0.2, 0.25) is 5.88 Å². The molecular formula is C10H14N6O. The van der Waals surface area contributed by atoms with Crippen molar-refractivity contribution >= 4 is 0 Å². The van der Waals surface area contributed by atoms with Gasteiger partial charge in [-0.15, -0.1) is 5.10 Å². The molecule has 0 aliphatic heterocycles. The van der Waals surface area contributed by atoms with Crippen molar-refractivity contribution in [1.29, 1.82) is 0 Å². The summed E-state index contributed by atoms with van der Waals surface area (Å²) in [6.07, 6.45) is 3.84. The molecule has 0 spiro atoms. The number of aryl methyl sites for hydroxylation is 1.